The zero-order valence-electron chi connectivity index (χ0n) is 12.9. The molecule has 0 radical (unpaired) electrons. The molecule has 0 aliphatic carbocycles. The highest BCUT2D eigenvalue weighted by molar-refractivity contribution is 5.70. The monoisotopic (exact) mass is 349 g/mol. The fourth-order valence-electron chi connectivity index (χ4n) is 2.28. The molecule has 1 aromatic rings. The van der Waals surface area contributed by atoms with Crippen LogP contribution in [0.2, 0.25) is 0 Å². The third kappa shape index (κ3) is 4.75. The summed E-state index contributed by atoms with van der Waals surface area (Å²) in [4.78, 5) is 11.3. The number of methoxy groups -OCH3 is 1. The molecular weight excluding hydrogens is 331 g/mol. The molecule has 3 atom stereocenters. The van der Waals surface area contributed by atoms with Gasteiger partial charge < -0.3 is 24.6 Å². The van der Waals surface area contributed by atoms with Gasteiger partial charge in [0.05, 0.1) is 19.3 Å². The molecule has 0 saturated carbocycles. The Balaban J connectivity index is 1.90. The normalized spacial score (nSPS) is 22.0. The van der Waals surface area contributed by atoms with Crippen LogP contribution in [-0.4, -0.2) is 49.9 Å². The number of carbonyl (C=O) groups excluding carboxylic acids is 1. The lowest BCUT2D eigenvalue weighted by molar-refractivity contribution is -0.206. The zero-order chi connectivity index (χ0) is 17.7. The molecule has 1 aromatic carbocycles. The third-order valence-electron chi connectivity index (χ3n) is 3.51. The highest BCUT2D eigenvalue weighted by Gasteiger charge is 2.38. The van der Waals surface area contributed by atoms with Gasteiger partial charge in [0.15, 0.2) is 12.2 Å². The Morgan fingerprint density at radius 3 is 2.58 bits per heavy atom. The smallest absolute Gasteiger partial charge is 0.414 e. The lowest BCUT2D eigenvalue weighted by Gasteiger charge is -2.17. The van der Waals surface area contributed by atoms with Crippen molar-refractivity contribution in [1.82, 2.24) is 5.32 Å². The molecule has 6 nitrogen and oxygen atoms in total. The van der Waals surface area contributed by atoms with Crippen LogP contribution in [0.15, 0.2) is 24.3 Å². The minimum absolute atomic E-state index is 0.233. The van der Waals surface area contributed by atoms with Crippen LogP contribution >= 0.6 is 0 Å². The highest BCUT2D eigenvalue weighted by atomic mass is 19.4. The molecule has 1 aliphatic heterocycles. The molecule has 24 heavy (non-hydrogen) atoms. The summed E-state index contributed by atoms with van der Waals surface area (Å²) in [6, 6.07) is 6.13. The number of rotatable bonds is 7. The number of aliphatic hydroxyl groups excluding tert-OH is 1. The minimum Gasteiger partial charge on any atom is -0.493 e. The van der Waals surface area contributed by atoms with E-state index in [1.165, 1.54) is 7.11 Å². The first-order valence-electron chi connectivity index (χ1n) is 7.25. The molecular formula is C15H18F3NO5. The van der Waals surface area contributed by atoms with Crippen molar-refractivity contribution in [3.63, 3.8) is 0 Å². The molecule has 0 aromatic heterocycles. The van der Waals surface area contributed by atoms with Crippen LogP contribution in [0.3, 0.4) is 0 Å². The second kappa shape index (κ2) is 7.71. The molecule has 9 heteroatoms. The van der Waals surface area contributed by atoms with Crippen molar-refractivity contribution >= 4 is 6.09 Å². The maximum absolute atomic E-state index is 12.2. The van der Waals surface area contributed by atoms with Gasteiger partial charge in [-0.25, -0.2) is 4.79 Å². The van der Waals surface area contributed by atoms with E-state index in [9.17, 15) is 18.0 Å². The number of amides is 1. The standard InChI is InChI=1S/C15H18F3NO5/c1-22-8-11-13(19-14(21)24-11)9-2-4-10(5-3-9)23-7-6-12(20)15(16,17)18/h2-5,11-13,20H,6-8H2,1H3,(H,19,21). The van der Waals surface area contributed by atoms with Gasteiger partial charge in [-0.15, -0.1) is 0 Å². The lowest BCUT2D eigenvalue weighted by atomic mass is 10.0. The van der Waals surface area contributed by atoms with E-state index in [2.05, 4.69) is 5.32 Å². The van der Waals surface area contributed by atoms with E-state index in [1.54, 1.807) is 24.3 Å². The van der Waals surface area contributed by atoms with E-state index >= 15 is 0 Å². The lowest BCUT2D eigenvalue weighted by Crippen LogP contribution is -2.30. The molecule has 2 rings (SSSR count). The first kappa shape index (κ1) is 18.3. The Hall–Kier alpha value is -2.00. The van der Waals surface area contributed by atoms with Crippen molar-refractivity contribution < 1.29 is 37.3 Å². The zero-order valence-corrected chi connectivity index (χ0v) is 12.9. The average molecular weight is 349 g/mol. The molecule has 0 spiro atoms. The van der Waals surface area contributed by atoms with E-state index in [4.69, 9.17) is 19.3 Å². The number of hydrogen-bond donors (Lipinski definition) is 2. The summed E-state index contributed by atoms with van der Waals surface area (Å²) in [6.07, 6.45) is -8.60. The van der Waals surface area contributed by atoms with Gasteiger partial charge in [0, 0.05) is 13.5 Å². The second-order valence-corrected chi connectivity index (χ2v) is 5.28. The molecule has 1 aliphatic rings. The maximum Gasteiger partial charge on any atom is 0.414 e. The predicted molar refractivity (Wildman–Crippen MR) is 76.6 cm³/mol. The summed E-state index contributed by atoms with van der Waals surface area (Å²) in [5, 5.41) is 11.5. The van der Waals surface area contributed by atoms with Gasteiger partial charge in [0.1, 0.15) is 5.75 Å². The summed E-state index contributed by atoms with van der Waals surface area (Å²) < 4.78 is 51.8. The second-order valence-electron chi connectivity index (χ2n) is 5.28. The maximum atomic E-state index is 12.2. The molecule has 1 saturated heterocycles. The molecule has 0 bridgehead atoms. The van der Waals surface area contributed by atoms with E-state index in [-0.39, 0.29) is 19.3 Å². The summed E-state index contributed by atoms with van der Waals surface area (Å²) in [5.74, 6) is 0.363. The van der Waals surface area contributed by atoms with E-state index in [1.807, 2.05) is 0 Å². The van der Waals surface area contributed by atoms with Crippen molar-refractivity contribution in [2.75, 3.05) is 20.3 Å². The van der Waals surface area contributed by atoms with Crippen molar-refractivity contribution in [1.29, 1.82) is 0 Å². The number of benzene rings is 1. The topological polar surface area (TPSA) is 77.0 Å². The summed E-state index contributed by atoms with van der Waals surface area (Å²) in [7, 11) is 1.50. The van der Waals surface area contributed by atoms with Gasteiger partial charge in [0.25, 0.3) is 0 Å². The van der Waals surface area contributed by atoms with E-state index < -0.39 is 30.9 Å². The van der Waals surface area contributed by atoms with Crippen LogP contribution in [0.4, 0.5) is 18.0 Å². The number of alkyl halides is 3. The van der Waals surface area contributed by atoms with E-state index in [0.29, 0.717) is 5.75 Å². The van der Waals surface area contributed by atoms with Crippen LogP contribution in [0.1, 0.15) is 18.0 Å². The van der Waals surface area contributed by atoms with Crippen LogP contribution in [-0.2, 0) is 9.47 Å². The Kier molecular flexibility index (Phi) is 5.89. The number of aliphatic hydroxyl groups is 1. The summed E-state index contributed by atoms with van der Waals surface area (Å²) in [6.45, 7) is -0.0351. The number of ether oxygens (including phenoxy) is 3. The number of carbonyl (C=O) groups is 1. The molecule has 2 N–H and O–H groups in total. The Labute approximate surface area is 136 Å². The summed E-state index contributed by atoms with van der Waals surface area (Å²) >= 11 is 0. The van der Waals surface area contributed by atoms with Crippen molar-refractivity contribution in [3.05, 3.63) is 29.8 Å². The number of halogens is 3. The fraction of sp³-hybridized carbons (Fsp3) is 0.533. The van der Waals surface area contributed by atoms with Crippen molar-refractivity contribution in [2.45, 2.75) is 30.8 Å². The number of cyclic esters (lactones) is 1. The van der Waals surface area contributed by atoms with Gasteiger partial charge in [-0.1, -0.05) is 12.1 Å². The van der Waals surface area contributed by atoms with Crippen molar-refractivity contribution in [3.8, 4) is 5.75 Å². The van der Waals surface area contributed by atoms with Crippen LogP contribution in [0, 0.1) is 0 Å². The van der Waals surface area contributed by atoms with Gasteiger partial charge in [-0.05, 0) is 17.7 Å². The van der Waals surface area contributed by atoms with Crippen LogP contribution in [0.25, 0.3) is 0 Å². The molecule has 1 heterocycles. The fourth-order valence-corrected chi connectivity index (χ4v) is 2.28. The van der Waals surface area contributed by atoms with Crippen LogP contribution < -0.4 is 10.1 Å². The number of alkyl carbamates (subject to hydrolysis) is 1. The molecule has 1 fully saturated rings. The largest absolute Gasteiger partial charge is 0.493 e. The molecule has 134 valence electrons. The Morgan fingerprint density at radius 2 is 2.00 bits per heavy atom. The third-order valence-corrected chi connectivity index (χ3v) is 3.51. The SMILES string of the molecule is COCC1OC(=O)NC1c1ccc(OCCC(O)C(F)(F)F)cc1. The van der Waals surface area contributed by atoms with Crippen molar-refractivity contribution in [2.24, 2.45) is 0 Å². The highest BCUT2D eigenvalue weighted by Crippen LogP contribution is 2.27. The summed E-state index contributed by atoms with van der Waals surface area (Å²) in [5.41, 5.74) is 0.755. The first-order chi connectivity index (χ1) is 11.3. The Bertz CT molecular complexity index is 549. The van der Waals surface area contributed by atoms with Gasteiger partial charge in [-0.3, -0.25) is 0 Å². The molecule has 3 unspecified atom stereocenters. The van der Waals surface area contributed by atoms with Gasteiger partial charge in [0.2, 0.25) is 0 Å². The number of nitrogens with one attached hydrogen (secondary N) is 1. The first-order valence-corrected chi connectivity index (χ1v) is 7.25. The average Bonchev–Trinajstić information content (AvgIpc) is 2.88. The van der Waals surface area contributed by atoms with E-state index in [0.717, 1.165) is 5.56 Å². The minimum atomic E-state index is -4.65. The molecule has 1 amide bonds. The predicted octanol–water partition coefficient (Wildman–Crippen LogP) is 2.17. The van der Waals surface area contributed by atoms with Gasteiger partial charge >= 0.3 is 12.3 Å². The van der Waals surface area contributed by atoms with Crippen LogP contribution in [0.5, 0.6) is 5.75 Å². The Morgan fingerprint density at radius 1 is 1.33 bits per heavy atom. The van der Waals surface area contributed by atoms with Gasteiger partial charge in [-0.2, -0.15) is 13.2 Å². The number of hydrogen-bond acceptors (Lipinski definition) is 5. The quantitative estimate of drug-likeness (QED) is 0.789.